The molecule has 1 heterocycles. The molecule has 0 aliphatic heterocycles. The van der Waals surface area contributed by atoms with Gasteiger partial charge in [-0.1, -0.05) is 13.8 Å². The van der Waals surface area contributed by atoms with E-state index < -0.39 is 0 Å². The SMILES string of the molecule is CCCNCc1oc2cc3c(cc2c1CC)CCCC3. The van der Waals surface area contributed by atoms with Crippen molar-refractivity contribution in [3.63, 3.8) is 0 Å². The summed E-state index contributed by atoms with van der Waals surface area (Å²) in [4.78, 5) is 0. The maximum absolute atomic E-state index is 6.14. The highest BCUT2D eigenvalue weighted by Crippen LogP contribution is 2.32. The van der Waals surface area contributed by atoms with Crippen molar-refractivity contribution >= 4 is 11.0 Å². The molecule has 3 rings (SSSR count). The van der Waals surface area contributed by atoms with Gasteiger partial charge in [0, 0.05) is 10.9 Å². The maximum Gasteiger partial charge on any atom is 0.134 e. The van der Waals surface area contributed by atoms with Crippen LogP contribution in [0.15, 0.2) is 16.5 Å². The first kappa shape index (κ1) is 13.7. The van der Waals surface area contributed by atoms with Gasteiger partial charge in [-0.2, -0.15) is 0 Å². The number of hydrogen-bond acceptors (Lipinski definition) is 2. The molecule has 0 atom stereocenters. The molecule has 2 nitrogen and oxygen atoms in total. The average molecular weight is 271 g/mol. The molecule has 0 saturated carbocycles. The second-order valence-electron chi connectivity index (χ2n) is 5.86. The summed E-state index contributed by atoms with van der Waals surface area (Å²) in [5, 5.41) is 4.81. The zero-order valence-corrected chi connectivity index (χ0v) is 12.7. The Bertz CT molecular complexity index is 597. The third-order valence-electron chi connectivity index (χ3n) is 4.40. The minimum absolute atomic E-state index is 0.858. The minimum Gasteiger partial charge on any atom is -0.459 e. The van der Waals surface area contributed by atoms with Gasteiger partial charge in [0.1, 0.15) is 11.3 Å². The van der Waals surface area contributed by atoms with Crippen LogP contribution in [0, 0.1) is 0 Å². The van der Waals surface area contributed by atoms with Crippen molar-refractivity contribution in [1.82, 2.24) is 5.32 Å². The van der Waals surface area contributed by atoms with Gasteiger partial charge in [-0.15, -0.1) is 0 Å². The summed E-state index contributed by atoms with van der Waals surface area (Å²) in [6, 6.07) is 4.70. The van der Waals surface area contributed by atoms with Crippen LogP contribution in [0.25, 0.3) is 11.0 Å². The first-order valence-corrected chi connectivity index (χ1v) is 8.10. The van der Waals surface area contributed by atoms with Crippen molar-refractivity contribution in [2.45, 2.75) is 58.9 Å². The summed E-state index contributed by atoms with van der Waals surface area (Å²) in [5.41, 5.74) is 5.55. The quantitative estimate of drug-likeness (QED) is 0.817. The molecule has 0 fully saturated rings. The summed E-state index contributed by atoms with van der Waals surface area (Å²) < 4.78 is 6.14. The molecule has 0 amide bonds. The normalized spacial score (nSPS) is 14.7. The Morgan fingerprint density at radius 1 is 1.10 bits per heavy atom. The molecule has 20 heavy (non-hydrogen) atoms. The number of rotatable bonds is 5. The summed E-state index contributed by atoms with van der Waals surface area (Å²) in [7, 11) is 0. The van der Waals surface area contributed by atoms with E-state index in [2.05, 4.69) is 31.3 Å². The molecule has 0 unspecified atom stereocenters. The lowest BCUT2D eigenvalue weighted by Gasteiger charge is -2.15. The van der Waals surface area contributed by atoms with Crippen molar-refractivity contribution in [2.75, 3.05) is 6.54 Å². The number of aryl methyl sites for hydroxylation is 3. The number of fused-ring (bicyclic) bond motifs is 2. The van der Waals surface area contributed by atoms with Gasteiger partial charge in [-0.05, 0) is 68.3 Å². The molecule has 2 heteroatoms. The molecular weight excluding hydrogens is 246 g/mol. The molecule has 0 spiro atoms. The highest BCUT2D eigenvalue weighted by atomic mass is 16.3. The number of benzene rings is 1. The van der Waals surface area contributed by atoms with Crippen molar-refractivity contribution in [3.05, 3.63) is 34.6 Å². The minimum atomic E-state index is 0.858. The molecule has 1 aromatic heterocycles. The predicted molar refractivity (Wildman–Crippen MR) is 84.2 cm³/mol. The third kappa shape index (κ3) is 2.49. The van der Waals surface area contributed by atoms with Gasteiger partial charge in [-0.25, -0.2) is 0 Å². The molecule has 1 aliphatic rings. The number of nitrogens with one attached hydrogen (secondary N) is 1. The Hall–Kier alpha value is -1.28. The van der Waals surface area contributed by atoms with Crippen molar-refractivity contribution in [3.8, 4) is 0 Å². The largest absolute Gasteiger partial charge is 0.459 e. The fourth-order valence-electron chi connectivity index (χ4n) is 3.34. The molecule has 0 bridgehead atoms. The first-order valence-electron chi connectivity index (χ1n) is 8.10. The van der Waals surface area contributed by atoms with Gasteiger partial charge < -0.3 is 9.73 Å². The molecule has 0 radical (unpaired) electrons. The topological polar surface area (TPSA) is 25.2 Å². The predicted octanol–water partition coefficient (Wildman–Crippen LogP) is 4.37. The molecule has 0 saturated heterocycles. The van der Waals surface area contributed by atoms with Crippen LogP contribution in [0.3, 0.4) is 0 Å². The lowest BCUT2D eigenvalue weighted by molar-refractivity contribution is 0.507. The standard InChI is InChI=1S/C18H25NO/c1-3-9-19-12-18-15(4-2)16-10-13-7-5-6-8-14(13)11-17(16)20-18/h10-11,19H,3-9,12H2,1-2H3. The van der Waals surface area contributed by atoms with Gasteiger partial charge >= 0.3 is 0 Å². The van der Waals surface area contributed by atoms with Gasteiger partial charge in [0.05, 0.1) is 6.54 Å². The highest BCUT2D eigenvalue weighted by molar-refractivity contribution is 5.84. The van der Waals surface area contributed by atoms with Crippen LogP contribution in [0.5, 0.6) is 0 Å². The maximum atomic E-state index is 6.14. The van der Waals surface area contributed by atoms with E-state index in [9.17, 15) is 0 Å². The summed E-state index contributed by atoms with van der Waals surface area (Å²) in [6.07, 6.45) is 7.33. The molecule has 108 valence electrons. The van der Waals surface area contributed by atoms with Gasteiger partial charge in [0.25, 0.3) is 0 Å². The van der Waals surface area contributed by atoms with Crippen molar-refractivity contribution < 1.29 is 4.42 Å². The van der Waals surface area contributed by atoms with Crippen LogP contribution < -0.4 is 5.32 Å². The Balaban J connectivity index is 1.99. The van der Waals surface area contributed by atoms with Gasteiger partial charge in [-0.3, -0.25) is 0 Å². The Morgan fingerprint density at radius 2 is 1.85 bits per heavy atom. The number of furan rings is 1. The van der Waals surface area contributed by atoms with Crippen LogP contribution >= 0.6 is 0 Å². The van der Waals surface area contributed by atoms with E-state index in [1.54, 1.807) is 5.56 Å². The van der Waals surface area contributed by atoms with E-state index in [1.165, 1.54) is 42.2 Å². The second-order valence-corrected chi connectivity index (χ2v) is 5.86. The summed E-state index contributed by atoms with van der Waals surface area (Å²) in [6.45, 7) is 6.33. The average Bonchev–Trinajstić information content (AvgIpc) is 2.81. The van der Waals surface area contributed by atoms with E-state index in [1.807, 2.05) is 0 Å². The van der Waals surface area contributed by atoms with Gasteiger partial charge in [0.2, 0.25) is 0 Å². The smallest absolute Gasteiger partial charge is 0.134 e. The van der Waals surface area contributed by atoms with Crippen molar-refractivity contribution in [2.24, 2.45) is 0 Å². The summed E-state index contributed by atoms with van der Waals surface area (Å²) in [5.74, 6) is 1.14. The van der Waals surface area contributed by atoms with Crippen LogP contribution in [0.4, 0.5) is 0 Å². The lowest BCUT2D eigenvalue weighted by atomic mass is 9.90. The molecule has 1 aromatic carbocycles. The lowest BCUT2D eigenvalue weighted by Crippen LogP contribution is -2.14. The number of hydrogen-bond donors (Lipinski definition) is 1. The van der Waals surface area contributed by atoms with Crippen molar-refractivity contribution in [1.29, 1.82) is 0 Å². The molecule has 2 aromatic rings. The fraction of sp³-hybridized carbons (Fsp3) is 0.556. The summed E-state index contributed by atoms with van der Waals surface area (Å²) >= 11 is 0. The third-order valence-corrected chi connectivity index (χ3v) is 4.40. The zero-order valence-electron chi connectivity index (χ0n) is 12.7. The van der Waals surface area contributed by atoms with Crippen LogP contribution in [0.2, 0.25) is 0 Å². The van der Waals surface area contributed by atoms with E-state index >= 15 is 0 Å². The Kier molecular flexibility index (Phi) is 4.11. The first-order chi connectivity index (χ1) is 9.83. The zero-order chi connectivity index (χ0) is 13.9. The van der Waals surface area contributed by atoms with E-state index in [4.69, 9.17) is 4.42 Å². The second kappa shape index (κ2) is 6.01. The highest BCUT2D eigenvalue weighted by Gasteiger charge is 2.17. The van der Waals surface area contributed by atoms with Crippen LogP contribution in [-0.2, 0) is 25.8 Å². The fourth-order valence-corrected chi connectivity index (χ4v) is 3.34. The Labute approximate surface area is 121 Å². The van der Waals surface area contributed by atoms with E-state index in [-0.39, 0.29) is 0 Å². The van der Waals surface area contributed by atoms with Crippen LogP contribution in [-0.4, -0.2) is 6.54 Å². The van der Waals surface area contributed by atoms with E-state index in [0.717, 1.165) is 37.3 Å². The van der Waals surface area contributed by atoms with Gasteiger partial charge in [0.15, 0.2) is 0 Å². The molecule has 1 aliphatic carbocycles. The van der Waals surface area contributed by atoms with Crippen LogP contribution in [0.1, 0.15) is 55.6 Å². The molecular formula is C18H25NO. The Morgan fingerprint density at radius 3 is 2.55 bits per heavy atom. The monoisotopic (exact) mass is 271 g/mol. The molecule has 1 N–H and O–H groups in total. The van der Waals surface area contributed by atoms with E-state index in [0.29, 0.717) is 0 Å².